The lowest BCUT2D eigenvalue weighted by Crippen LogP contribution is -2.19. The van der Waals surface area contributed by atoms with E-state index in [0.717, 1.165) is 10.7 Å². The molecule has 0 saturated heterocycles. The number of nitrogens with zero attached hydrogens (tertiary/aromatic N) is 2. The van der Waals surface area contributed by atoms with Crippen molar-refractivity contribution >= 4 is 27.0 Å². The van der Waals surface area contributed by atoms with Crippen molar-refractivity contribution in [1.82, 2.24) is 9.71 Å². The van der Waals surface area contributed by atoms with Crippen molar-refractivity contribution in [3.8, 4) is 5.88 Å². The summed E-state index contributed by atoms with van der Waals surface area (Å²) in [5.74, 6) is 0.377. The summed E-state index contributed by atoms with van der Waals surface area (Å²) < 4.78 is 26.3. The van der Waals surface area contributed by atoms with Crippen LogP contribution in [0.2, 0.25) is 0 Å². The number of aromatic hydroxyl groups is 1. The molecule has 0 bridgehead atoms. The second-order valence-corrected chi connectivity index (χ2v) is 7.40. The van der Waals surface area contributed by atoms with Crippen molar-refractivity contribution in [2.24, 2.45) is 9.98 Å². The second kappa shape index (κ2) is 5.54. The van der Waals surface area contributed by atoms with Crippen LogP contribution in [-0.2, 0) is 10.0 Å². The molecule has 0 aliphatic carbocycles. The van der Waals surface area contributed by atoms with E-state index in [1.165, 1.54) is 19.2 Å². The summed E-state index contributed by atoms with van der Waals surface area (Å²) in [5, 5.41) is 12.3. The Morgan fingerprint density at radius 3 is 2.44 bits per heavy atom. The summed E-state index contributed by atoms with van der Waals surface area (Å²) in [4.78, 5) is 11.7. The topological polar surface area (TPSA) is 107 Å². The Morgan fingerprint density at radius 2 is 1.80 bits per heavy atom. The first kappa shape index (κ1) is 15.6. The molecular formula is C17H14N4O3S. The van der Waals surface area contributed by atoms with Crippen LogP contribution in [0.3, 0.4) is 0 Å². The first-order valence-electron chi connectivity index (χ1n) is 7.50. The number of rotatable bonds is 3. The fraction of sp³-hybridized carbons (Fsp3) is 0.0588. The molecule has 3 aromatic rings. The van der Waals surface area contributed by atoms with Crippen molar-refractivity contribution in [1.29, 1.82) is 0 Å². The van der Waals surface area contributed by atoms with Crippen molar-refractivity contribution in [3.63, 3.8) is 0 Å². The van der Waals surface area contributed by atoms with Gasteiger partial charge in [-0.1, -0.05) is 12.1 Å². The number of benzene rings is 2. The van der Waals surface area contributed by atoms with Crippen LogP contribution in [0.1, 0.15) is 5.56 Å². The molecule has 0 saturated carbocycles. The second-order valence-electron chi connectivity index (χ2n) is 5.52. The Hall–Kier alpha value is -2.97. The van der Waals surface area contributed by atoms with Gasteiger partial charge in [-0.05, 0) is 43.5 Å². The van der Waals surface area contributed by atoms with E-state index in [1.54, 1.807) is 12.1 Å². The van der Waals surface area contributed by atoms with E-state index >= 15 is 0 Å². The normalized spacial score (nSPS) is 13.4. The zero-order valence-electron chi connectivity index (χ0n) is 13.2. The van der Waals surface area contributed by atoms with Crippen LogP contribution in [0.4, 0.5) is 0 Å². The van der Waals surface area contributed by atoms with Crippen LogP contribution in [0.25, 0.3) is 17.0 Å². The number of hydrogen-bond donors (Lipinski definition) is 3. The number of aromatic nitrogens is 1. The minimum atomic E-state index is -3.58. The Bertz CT molecular complexity index is 1220. The van der Waals surface area contributed by atoms with Crippen LogP contribution in [0, 0.1) is 0 Å². The lowest BCUT2D eigenvalue weighted by Gasteiger charge is -2.02. The minimum absolute atomic E-state index is 0.0668. The third kappa shape index (κ3) is 2.61. The zero-order chi connectivity index (χ0) is 17.6. The summed E-state index contributed by atoms with van der Waals surface area (Å²) in [6.45, 7) is 0. The molecule has 1 aromatic heterocycles. The molecule has 2 aromatic carbocycles. The van der Waals surface area contributed by atoms with E-state index in [1.807, 2.05) is 24.3 Å². The summed E-state index contributed by atoms with van der Waals surface area (Å²) in [6, 6.07) is 12.0. The lowest BCUT2D eigenvalue weighted by atomic mass is 10.1. The van der Waals surface area contributed by atoms with Crippen LogP contribution in [0.15, 0.2) is 63.2 Å². The van der Waals surface area contributed by atoms with Crippen molar-refractivity contribution in [2.45, 2.75) is 4.90 Å². The van der Waals surface area contributed by atoms with Crippen molar-refractivity contribution in [2.75, 3.05) is 7.05 Å². The highest BCUT2D eigenvalue weighted by Crippen LogP contribution is 2.31. The molecule has 1 aliphatic heterocycles. The first-order valence-corrected chi connectivity index (χ1v) is 8.99. The molecule has 7 nitrogen and oxygen atoms in total. The fourth-order valence-corrected chi connectivity index (χ4v) is 3.48. The number of para-hydroxylation sites is 2. The third-order valence-corrected chi connectivity index (χ3v) is 5.41. The molecule has 8 heteroatoms. The molecule has 0 spiro atoms. The molecule has 4 rings (SSSR count). The third-order valence-electron chi connectivity index (χ3n) is 3.99. The zero-order valence-corrected chi connectivity index (χ0v) is 14.0. The fourth-order valence-electron chi connectivity index (χ4n) is 2.73. The Kier molecular flexibility index (Phi) is 3.45. The summed E-state index contributed by atoms with van der Waals surface area (Å²) in [6.07, 6.45) is 1.63. The van der Waals surface area contributed by atoms with Crippen LogP contribution < -0.4 is 15.4 Å². The lowest BCUT2D eigenvalue weighted by molar-refractivity contribution is 0.457. The standard InChI is InChI=1S/C17H14N4O3S/c1-18-25(23,24)10-6-7-13-11(8-10)12(17(22)21-13)9-16-19-14-4-2-3-5-15(14)20-16/h2-9,18,21-22H,1H3. The van der Waals surface area contributed by atoms with Gasteiger partial charge in [0.15, 0.2) is 11.7 Å². The summed E-state index contributed by atoms with van der Waals surface area (Å²) in [7, 11) is -2.23. The number of H-pyrrole nitrogens is 1. The predicted molar refractivity (Wildman–Crippen MR) is 92.9 cm³/mol. The number of aromatic amines is 1. The Morgan fingerprint density at radius 1 is 1.12 bits per heavy atom. The quantitative estimate of drug-likeness (QED) is 0.654. The maximum atomic E-state index is 12.0. The average molecular weight is 354 g/mol. The van der Waals surface area contributed by atoms with Gasteiger partial charge in [-0.15, -0.1) is 0 Å². The molecule has 0 fully saturated rings. The monoisotopic (exact) mass is 354 g/mol. The molecule has 126 valence electrons. The Balaban J connectivity index is 1.91. The van der Waals surface area contributed by atoms with E-state index in [4.69, 9.17) is 0 Å². The molecule has 2 heterocycles. The summed E-state index contributed by atoms with van der Waals surface area (Å²) >= 11 is 0. The smallest absolute Gasteiger partial charge is 0.240 e. The van der Waals surface area contributed by atoms with Gasteiger partial charge in [0.25, 0.3) is 0 Å². The molecule has 25 heavy (non-hydrogen) atoms. The largest absolute Gasteiger partial charge is 0.494 e. The van der Waals surface area contributed by atoms with Crippen molar-refractivity contribution in [3.05, 3.63) is 64.6 Å². The van der Waals surface area contributed by atoms with Crippen LogP contribution >= 0.6 is 0 Å². The number of sulfonamides is 1. The molecule has 1 aliphatic rings. The maximum Gasteiger partial charge on any atom is 0.240 e. The Labute approximate surface area is 143 Å². The van der Waals surface area contributed by atoms with Crippen molar-refractivity contribution < 1.29 is 13.5 Å². The van der Waals surface area contributed by atoms with Crippen LogP contribution in [0.5, 0.6) is 5.88 Å². The first-order chi connectivity index (χ1) is 12.0. The van der Waals surface area contributed by atoms with E-state index in [0.29, 0.717) is 22.3 Å². The van der Waals surface area contributed by atoms with Gasteiger partial charge in [0.05, 0.1) is 15.6 Å². The number of fused-ring (bicyclic) bond motifs is 2. The summed E-state index contributed by atoms with van der Waals surface area (Å²) in [5.41, 5.74) is 1.06. The van der Waals surface area contributed by atoms with Gasteiger partial charge in [0.2, 0.25) is 10.0 Å². The number of nitrogens with one attached hydrogen (secondary N) is 2. The van der Waals surface area contributed by atoms with Gasteiger partial charge < -0.3 is 10.1 Å². The van der Waals surface area contributed by atoms with E-state index < -0.39 is 10.0 Å². The van der Waals surface area contributed by atoms with Gasteiger partial charge >= 0.3 is 0 Å². The van der Waals surface area contributed by atoms with Crippen LogP contribution in [-0.4, -0.2) is 25.6 Å². The van der Waals surface area contributed by atoms with Gasteiger partial charge in [0.1, 0.15) is 0 Å². The number of hydrogen-bond acceptors (Lipinski definition) is 5. The molecule has 0 amide bonds. The highest BCUT2D eigenvalue weighted by Gasteiger charge is 2.16. The molecule has 0 radical (unpaired) electrons. The molecule has 0 atom stereocenters. The minimum Gasteiger partial charge on any atom is -0.494 e. The molecule has 3 N–H and O–H groups in total. The maximum absolute atomic E-state index is 12.0. The average Bonchev–Trinajstić information content (AvgIpc) is 3.15. The SMILES string of the molecule is CNS(=O)(=O)c1ccc2[nH]c(O)c(C=C3N=c4ccccc4=N3)c2c1. The molecule has 0 unspecified atom stereocenters. The highest BCUT2D eigenvalue weighted by molar-refractivity contribution is 7.89. The van der Waals surface area contributed by atoms with E-state index in [-0.39, 0.29) is 10.8 Å². The van der Waals surface area contributed by atoms with E-state index in [9.17, 15) is 13.5 Å². The van der Waals surface area contributed by atoms with Gasteiger partial charge in [-0.3, -0.25) is 0 Å². The van der Waals surface area contributed by atoms with Gasteiger partial charge in [0, 0.05) is 16.5 Å². The highest BCUT2D eigenvalue weighted by atomic mass is 32.2. The van der Waals surface area contributed by atoms with Gasteiger partial charge in [-0.25, -0.2) is 23.1 Å². The molecular weight excluding hydrogens is 340 g/mol. The predicted octanol–water partition coefficient (Wildman–Crippen LogP) is 1.03. The van der Waals surface area contributed by atoms with E-state index in [2.05, 4.69) is 19.7 Å². The van der Waals surface area contributed by atoms with Gasteiger partial charge in [-0.2, -0.15) is 0 Å².